The number of alkyl halides is 2. The number of hydrogen-bond donors (Lipinski definition) is 2. The van der Waals surface area contributed by atoms with Crippen LogP contribution in [-0.4, -0.2) is 22.5 Å². The molecule has 3 N–H and O–H groups in total. The molecule has 2 atom stereocenters. The van der Waals surface area contributed by atoms with Gasteiger partial charge in [0, 0.05) is 12.8 Å². The number of halogens is 2. The van der Waals surface area contributed by atoms with E-state index in [1.54, 1.807) is 0 Å². The highest BCUT2D eigenvalue weighted by molar-refractivity contribution is 5.79. The number of carbonyl (C=O) groups is 1. The van der Waals surface area contributed by atoms with Crippen LogP contribution in [0.2, 0.25) is 0 Å². The first-order valence-corrected chi connectivity index (χ1v) is 4.18. The zero-order valence-corrected chi connectivity index (χ0v) is 7.39. The van der Waals surface area contributed by atoms with E-state index in [-0.39, 0.29) is 6.42 Å². The number of hydrogen-bond acceptors (Lipinski definition) is 2. The third-order valence-electron chi connectivity index (χ3n) is 2.79. The van der Waals surface area contributed by atoms with Crippen molar-refractivity contribution in [3.05, 3.63) is 0 Å². The van der Waals surface area contributed by atoms with Crippen molar-refractivity contribution in [1.29, 1.82) is 0 Å². The molecule has 0 aromatic rings. The van der Waals surface area contributed by atoms with Crippen molar-refractivity contribution in [3.8, 4) is 0 Å². The third-order valence-corrected chi connectivity index (χ3v) is 2.79. The minimum Gasteiger partial charge on any atom is -0.480 e. The lowest BCUT2D eigenvalue weighted by molar-refractivity contribution is -0.152. The van der Waals surface area contributed by atoms with E-state index in [1.807, 2.05) is 0 Å². The molecule has 13 heavy (non-hydrogen) atoms. The second-order valence-electron chi connectivity index (χ2n) is 3.81. The number of carboxylic acids is 1. The minimum atomic E-state index is -2.75. The molecule has 0 aliphatic heterocycles. The second kappa shape index (κ2) is 2.90. The van der Waals surface area contributed by atoms with Crippen molar-refractivity contribution >= 4 is 5.97 Å². The predicted molar refractivity (Wildman–Crippen MR) is 42.5 cm³/mol. The van der Waals surface area contributed by atoms with Gasteiger partial charge in [-0.25, -0.2) is 8.78 Å². The Morgan fingerprint density at radius 2 is 2.08 bits per heavy atom. The Morgan fingerprint density at radius 1 is 1.54 bits per heavy atom. The highest BCUT2D eigenvalue weighted by Crippen LogP contribution is 2.41. The summed E-state index contributed by atoms with van der Waals surface area (Å²) in [5.74, 6) is -4.62. The van der Waals surface area contributed by atoms with Crippen LogP contribution in [-0.2, 0) is 4.79 Å². The Kier molecular flexibility index (Phi) is 2.32. The summed E-state index contributed by atoms with van der Waals surface area (Å²) in [6, 6.07) is 0. The van der Waals surface area contributed by atoms with Gasteiger partial charge in [-0.05, 0) is 12.3 Å². The minimum absolute atomic E-state index is 0.156. The van der Waals surface area contributed by atoms with E-state index in [1.165, 1.54) is 6.92 Å². The molecule has 0 radical (unpaired) electrons. The summed E-state index contributed by atoms with van der Waals surface area (Å²) in [7, 11) is 0. The van der Waals surface area contributed by atoms with Crippen molar-refractivity contribution in [2.45, 2.75) is 37.6 Å². The van der Waals surface area contributed by atoms with Gasteiger partial charge in [0.1, 0.15) is 5.54 Å². The maximum absolute atomic E-state index is 12.8. The van der Waals surface area contributed by atoms with Gasteiger partial charge in [0.05, 0.1) is 0 Å². The molecule has 1 aliphatic carbocycles. The summed E-state index contributed by atoms with van der Waals surface area (Å²) < 4.78 is 25.6. The van der Waals surface area contributed by atoms with Gasteiger partial charge in [-0.3, -0.25) is 4.79 Å². The van der Waals surface area contributed by atoms with Crippen LogP contribution in [0.1, 0.15) is 26.2 Å². The largest absolute Gasteiger partial charge is 0.480 e. The van der Waals surface area contributed by atoms with E-state index in [9.17, 15) is 13.6 Å². The van der Waals surface area contributed by atoms with Crippen LogP contribution < -0.4 is 5.73 Å². The number of rotatable bonds is 1. The molecular formula is C8H13F2NO2. The Labute approximate surface area is 74.9 Å². The average Bonchev–Trinajstić information content (AvgIpc) is 1.96. The standard InChI is InChI=1S/C8H13F2NO2/c1-5-4-7(9,10)2-3-8(5,11)6(12)13/h5H,2-4,11H2,1H3,(H,12,13). The summed E-state index contributed by atoms with van der Waals surface area (Å²) in [6.07, 6.45) is -1.02. The maximum atomic E-state index is 12.8. The lowest BCUT2D eigenvalue weighted by Crippen LogP contribution is -2.57. The fraction of sp³-hybridized carbons (Fsp3) is 0.875. The molecule has 2 unspecified atom stereocenters. The fourth-order valence-electron chi connectivity index (χ4n) is 1.69. The van der Waals surface area contributed by atoms with Crippen molar-refractivity contribution in [1.82, 2.24) is 0 Å². The molecule has 76 valence electrons. The lowest BCUT2D eigenvalue weighted by atomic mass is 9.73. The van der Waals surface area contributed by atoms with E-state index >= 15 is 0 Å². The molecule has 0 amide bonds. The summed E-state index contributed by atoms with van der Waals surface area (Å²) in [6.45, 7) is 1.46. The predicted octanol–water partition coefficient (Wildman–Crippen LogP) is 1.22. The van der Waals surface area contributed by atoms with Gasteiger partial charge in [-0.15, -0.1) is 0 Å². The molecule has 0 heterocycles. The smallest absolute Gasteiger partial charge is 0.323 e. The van der Waals surface area contributed by atoms with E-state index in [4.69, 9.17) is 10.8 Å². The SMILES string of the molecule is CC1CC(F)(F)CCC1(N)C(=O)O. The van der Waals surface area contributed by atoms with Crippen molar-refractivity contribution < 1.29 is 18.7 Å². The summed E-state index contributed by atoms with van der Waals surface area (Å²) in [5, 5.41) is 8.77. The van der Waals surface area contributed by atoms with Crippen molar-refractivity contribution in [2.75, 3.05) is 0 Å². The zero-order valence-electron chi connectivity index (χ0n) is 7.39. The topological polar surface area (TPSA) is 63.3 Å². The molecule has 0 aromatic heterocycles. The van der Waals surface area contributed by atoms with Gasteiger partial charge in [0.2, 0.25) is 5.92 Å². The van der Waals surface area contributed by atoms with Crippen LogP contribution in [0.15, 0.2) is 0 Å². The highest BCUT2D eigenvalue weighted by atomic mass is 19.3. The number of aliphatic carboxylic acids is 1. The molecule has 0 spiro atoms. The number of nitrogens with two attached hydrogens (primary N) is 1. The van der Waals surface area contributed by atoms with E-state index in [0.717, 1.165) is 0 Å². The monoisotopic (exact) mass is 193 g/mol. The Balaban J connectivity index is 2.79. The average molecular weight is 193 g/mol. The summed E-state index contributed by atoms with van der Waals surface area (Å²) in [5.41, 5.74) is 4.06. The molecule has 1 rings (SSSR count). The first-order valence-electron chi connectivity index (χ1n) is 4.18. The van der Waals surface area contributed by atoms with Crippen LogP contribution in [0.25, 0.3) is 0 Å². The lowest BCUT2D eigenvalue weighted by Gasteiger charge is -2.39. The molecule has 1 aliphatic rings. The molecule has 1 fully saturated rings. The van der Waals surface area contributed by atoms with E-state index in [2.05, 4.69) is 0 Å². The molecule has 0 aromatic carbocycles. The van der Waals surface area contributed by atoms with Gasteiger partial charge >= 0.3 is 5.97 Å². The molecule has 0 saturated heterocycles. The maximum Gasteiger partial charge on any atom is 0.323 e. The van der Waals surface area contributed by atoms with Gasteiger partial charge in [0.25, 0.3) is 0 Å². The van der Waals surface area contributed by atoms with Crippen LogP contribution in [0.4, 0.5) is 8.78 Å². The van der Waals surface area contributed by atoms with Crippen LogP contribution in [0.5, 0.6) is 0 Å². The van der Waals surface area contributed by atoms with Crippen LogP contribution in [0.3, 0.4) is 0 Å². The quantitative estimate of drug-likeness (QED) is 0.658. The number of carboxylic acid groups (broad SMARTS) is 1. The van der Waals surface area contributed by atoms with Crippen molar-refractivity contribution in [2.24, 2.45) is 11.7 Å². The first-order chi connectivity index (χ1) is 5.78. The highest BCUT2D eigenvalue weighted by Gasteiger charge is 2.50. The van der Waals surface area contributed by atoms with Gasteiger partial charge in [0.15, 0.2) is 0 Å². The summed E-state index contributed by atoms with van der Waals surface area (Å²) >= 11 is 0. The second-order valence-corrected chi connectivity index (χ2v) is 3.81. The normalized spacial score (nSPS) is 38.6. The first kappa shape index (κ1) is 10.4. The van der Waals surface area contributed by atoms with Crippen molar-refractivity contribution in [3.63, 3.8) is 0 Å². The van der Waals surface area contributed by atoms with Gasteiger partial charge in [-0.1, -0.05) is 6.92 Å². The van der Waals surface area contributed by atoms with Gasteiger partial charge in [-0.2, -0.15) is 0 Å². The zero-order chi connectivity index (χ0) is 10.3. The Morgan fingerprint density at radius 3 is 2.46 bits per heavy atom. The van der Waals surface area contributed by atoms with Crippen LogP contribution in [0, 0.1) is 5.92 Å². The van der Waals surface area contributed by atoms with E-state index < -0.39 is 36.2 Å². The molecule has 1 saturated carbocycles. The fourth-order valence-corrected chi connectivity index (χ4v) is 1.69. The van der Waals surface area contributed by atoms with E-state index in [0.29, 0.717) is 0 Å². The third kappa shape index (κ3) is 1.80. The Hall–Kier alpha value is -0.710. The van der Waals surface area contributed by atoms with Crippen LogP contribution >= 0.6 is 0 Å². The Bertz CT molecular complexity index is 232. The molecule has 3 nitrogen and oxygen atoms in total. The molecular weight excluding hydrogens is 180 g/mol. The van der Waals surface area contributed by atoms with Gasteiger partial charge < -0.3 is 10.8 Å². The summed E-state index contributed by atoms with van der Waals surface area (Å²) in [4.78, 5) is 10.7. The molecule has 0 bridgehead atoms. The molecule has 5 heteroatoms.